The number of rotatable bonds is 4. The molecule has 1 heterocycles. The molecule has 1 N–H and O–H groups in total. The second-order valence-corrected chi connectivity index (χ2v) is 5.29. The van der Waals surface area contributed by atoms with Crippen molar-refractivity contribution < 1.29 is 14.3 Å². The highest BCUT2D eigenvalue weighted by atomic mass is 32.1. The highest BCUT2D eigenvalue weighted by molar-refractivity contribution is 7.16. The van der Waals surface area contributed by atoms with E-state index >= 15 is 0 Å². The summed E-state index contributed by atoms with van der Waals surface area (Å²) in [6.45, 7) is 7.62. The van der Waals surface area contributed by atoms with Gasteiger partial charge in [-0.25, -0.2) is 4.79 Å². The number of aryl methyl sites for hydroxylation is 1. The molecule has 0 saturated carbocycles. The van der Waals surface area contributed by atoms with Gasteiger partial charge in [-0.3, -0.25) is 4.79 Å². The first-order valence-electron chi connectivity index (χ1n) is 5.67. The lowest BCUT2D eigenvalue weighted by atomic mass is 10.3. The normalized spacial score (nSPS) is 9.78. The van der Waals surface area contributed by atoms with E-state index in [1.165, 1.54) is 17.4 Å². The molecule has 0 atom stereocenters. The lowest BCUT2D eigenvalue weighted by Crippen LogP contribution is -2.12. The van der Waals surface area contributed by atoms with Crippen molar-refractivity contribution in [3.63, 3.8) is 0 Å². The third-order valence-corrected chi connectivity index (χ3v) is 2.97. The minimum atomic E-state index is -0.408. The van der Waals surface area contributed by atoms with E-state index in [4.69, 9.17) is 4.74 Å². The SMILES string of the molecule is CCOC(=O)c1cc(C)sc1NC(=O)C=C(C)C. The summed E-state index contributed by atoms with van der Waals surface area (Å²) in [6.07, 6.45) is 1.49. The third kappa shape index (κ3) is 4.00. The number of hydrogen-bond acceptors (Lipinski definition) is 4. The van der Waals surface area contributed by atoms with Crippen LogP contribution in [0.2, 0.25) is 0 Å². The lowest BCUT2D eigenvalue weighted by molar-refractivity contribution is -0.111. The zero-order valence-electron chi connectivity index (χ0n) is 11.0. The smallest absolute Gasteiger partial charge is 0.341 e. The minimum absolute atomic E-state index is 0.234. The van der Waals surface area contributed by atoms with Crippen molar-refractivity contribution in [2.75, 3.05) is 11.9 Å². The van der Waals surface area contributed by atoms with Crippen molar-refractivity contribution in [2.45, 2.75) is 27.7 Å². The Labute approximate surface area is 111 Å². The maximum atomic E-state index is 11.7. The number of carbonyl (C=O) groups is 2. The molecular formula is C13H17NO3S. The molecule has 1 aromatic rings. The first kappa shape index (κ1) is 14.4. The van der Waals surface area contributed by atoms with Crippen molar-refractivity contribution >= 4 is 28.2 Å². The number of anilines is 1. The summed E-state index contributed by atoms with van der Waals surface area (Å²) in [5, 5.41) is 3.24. The van der Waals surface area contributed by atoms with Crippen LogP contribution >= 0.6 is 11.3 Å². The number of esters is 1. The fraction of sp³-hybridized carbons (Fsp3) is 0.385. The van der Waals surface area contributed by atoms with Gasteiger partial charge >= 0.3 is 5.97 Å². The van der Waals surface area contributed by atoms with Crippen LogP contribution in [-0.2, 0) is 9.53 Å². The first-order valence-corrected chi connectivity index (χ1v) is 6.49. The molecule has 1 amide bonds. The van der Waals surface area contributed by atoms with Gasteiger partial charge in [-0.05, 0) is 33.8 Å². The number of nitrogens with one attached hydrogen (secondary N) is 1. The average molecular weight is 267 g/mol. The van der Waals surface area contributed by atoms with Crippen molar-refractivity contribution in [3.8, 4) is 0 Å². The zero-order valence-corrected chi connectivity index (χ0v) is 11.8. The number of ether oxygens (including phenoxy) is 1. The van der Waals surface area contributed by atoms with Crippen molar-refractivity contribution in [1.82, 2.24) is 0 Å². The summed E-state index contributed by atoms with van der Waals surface area (Å²) in [5.41, 5.74) is 1.31. The van der Waals surface area contributed by atoms with Gasteiger partial charge in [0, 0.05) is 11.0 Å². The molecule has 0 aromatic carbocycles. The number of hydrogen-bond donors (Lipinski definition) is 1. The molecule has 0 aliphatic carbocycles. The fourth-order valence-electron chi connectivity index (χ4n) is 1.38. The molecule has 4 nitrogen and oxygen atoms in total. The molecule has 1 rings (SSSR count). The fourth-order valence-corrected chi connectivity index (χ4v) is 2.28. The van der Waals surface area contributed by atoms with Crippen LogP contribution in [-0.4, -0.2) is 18.5 Å². The molecular weight excluding hydrogens is 250 g/mol. The summed E-state index contributed by atoms with van der Waals surface area (Å²) in [7, 11) is 0. The molecule has 0 radical (unpaired) electrons. The van der Waals surface area contributed by atoms with E-state index in [2.05, 4.69) is 5.32 Å². The largest absolute Gasteiger partial charge is 0.462 e. The van der Waals surface area contributed by atoms with Gasteiger partial charge in [0.05, 0.1) is 12.2 Å². The third-order valence-electron chi connectivity index (χ3n) is 2.01. The van der Waals surface area contributed by atoms with E-state index in [1.54, 1.807) is 13.0 Å². The zero-order chi connectivity index (χ0) is 13.7. The number of amides is 1. The molecule has 0 saturated heterocycles. The topological polar surface area (TPSA) is 55.4 Å². The van der Waals surface area contributed by atoms with Crippen molar-refractivity contribution in [3.05, 3.63) is 28.2 Å². The number of allylic oxidation sites excluding steroid dienone is 1. The Morgan fingerprint density at radius 3 is 2.67 bits per heavy atom. The van der Waals surface area contributed by atoms with Crippen molar-refractivity contribution in [2.24, 2.45) is 0 Å². The predicted octanol–water partition coefficient (Wildman–Crippen LogP) is 3.14. The van der Waals surface area contributed by atoms with E-state index in [0.29, 0.717) is 17.2 Å². The van der Waals surface area contributed by atoms with Gasteiger partial charge in [-0.15, -0.1) is 11.3 Å². The summed E-state index contributed by atoms with van der Waals surface area (Å²) < 4.78 is 4.95. The molecule has 0 bridgehead atoms. The summed E-state index contributed by atoms with van der Waals surface area (Å²) in [6, 6.07) is 1.72. The number of carbonyl (C=O) groups excluding carboxylic acids is 2. The number of thiophene rings is 1. The minimum Gasteiger partial charge on any atom is -0.462 e. The standard InChI is InChI=1S/C13H17NO3S/c1-5-17-13(16)10-7-9(4)18-12(10)14-11(15)6-8(2)3/h6-7H,5H2,1-4H3,(H,14,15). The Balaban J connectivity index is 2.92. The van der Waals surface area contributed by atoms with Gasteiger partial charge < -0.3 is 10.1 Å². The Kier molecular flexibility index (Phi) is 5.09. The Morgan fingerprint density at radius 2 is 2.11 bits per heavy atom. The monoisotopic (exact) mass is 267 g/mol. The van der Waals surface area contributed by atoms with Crippen LogP contribution in [0.1, 0.15) is 36.0 Å². The molecule has 0 fully saturated rings. The maximum Gasteiger partial charge on any atom is 0.341 e. The molecule has 0 unspecified atom stereocenters. The van der Waals surface area contributed by atoms with Gasteiger partial charge in [0.1, 0.15) is 5.00 Å². The van der Waals surface area contributed by atoms with Crippen LogP contribution in [0.25, 0.3) is 0 Å². The van der Waals surface area contributed by atoms with Gasteiger partial charge in [0.2, 0.25) is 5.91 Å². The molecule has 5 heteroatoms. The van der Waals surface area contributed by atoms with E-state index in [9.17, 15) is 9.59 Å². The van der Waals surface area contributed by atoms with Gasteiger partial charge in [0.15, 0.2) is 0 Å². The second-order valence-electron chi connectivity index (χ2n) is 4.03. The first-order chi connectivity index (χ1) is 8.43. The lowest BCUT2D eigenvalue weighted by Gasteiger charge is -2.04. The molecule has 18 heavy (non-hydrogen) atoms. The van der Waals surface area contributed by atoms with Crippen LogP contribution in [0.5, 0.6) is 0 Å². The molecule has 98 valence electrons. The average Bonchev–Trinajstić information content (AvgIpc) is 2.58. The second kappa shape index (κ2) is 6.35. The Morgan fingerprint density at radius 1 is 1.44 bits per heavy atom. The predicted molar refractivity (Wildman–Crippen MR) is 73.1 cm³/mol. The van der Waals surface area contributed by atoms with Gasteiger partial charge in [-0.1, -0.05) is 5.57 Å². The molecule has 0 spiro atoms. The van der Waals surface area contributed by atoms with E-state index < -0.39 is 5.97 Å². The maximum absolute atomic E-state index is 11.7. The Bertz CT molecular complexity index is 484. The van der Waals surface area contributed by atoms with E-state index in [-0.39, 0.29) is 5.91 Å². The highest BCUT2D eigenvalue weighted by Crippen LogP contribution is 2.28. The van der Waals surface area contributed by atoms with Crippen LogP contribution in [0.15, 0.2) is 17.7 Å². The van der Waals surface area contributed by atoms with E-state index in [1.807, 2.05) is 20.8 Å². The molecule has 1 aromatic heterocycles. The summed E-state index contributed by atoms with van der Waals surface area (Å²) in [4.78, 5) is 24.3. The van der Waals surface area contributed by atoms with Crippen LogP contribution in [0, 0.1) is 6.92 Å². The van der Waals surface area contributed by atoms with Crippen LogP contribution in [0.3, 0.4) is 0 Å². The Hall–Kier alpha value is -1.62. The van der Waals surface area contributed by atoms with Crippen LogP contribution in [0.4, 0.5) is 5.00 Å². The quantitative estimate of drug-likeness (QED) is 0.673. The molecule has 0 aliphatic rings. The highest BCUT2D eigenvalue weighted by Gasteiger charge is 2.17. The van der Waals surface area contributed by atoms with E-state index in [0.717, 1.165) is 10.5 Å². The summed E-state index contributed by atoms with van der Waals surface area (Å²) in [5.74, 6) is -0.642. The van der Waals surface area contributed by atoms with Gasteiger partial charge in [-0.2, -0.15) is 0 Å². The summed E-state index contributed by atoms with van der Waals surface area (Å²) >= 11 is 1.36. The van der Waals surface area contributed by atoms with Crippen molar-refractivity contribution in [1.29, 1.82) is 0 Å². The van der Waals surface area contributed by atoms with Gasteiger partial charge in [0.25, 0.3) is 0 Å². The molecule has 0 aliphatic heterocycles. The van der Waals surface area contributed by atoms with Crippen LogP contribution < -0.4 is 5.32 Å².